The van der Waals surface area contributed by atoms with Crippen LogP contribution in [0.3, 0.4) is 0 Å². The molecular formula is C20H31N3O2. The first-order chi connectivity index (χ1) is 12.3. The van der Waals surface area contributed by atoms with Crippen LogP contribution in [0.2, 0.25) is 0 Å². The quantitative estimate of drug-likeness (QED) is 0.562. The van der Waals surface area contributed by atoms with Crippen molar-refractivity contribution >= 4 is 5.96 Å². The summed E-state index contributed by atoms with van der Waals surface area (Å²) in [5, 5.41) is 6.92. The molecule has 0 radical (unpaired) electrons. The van der Waals surface area contributed by atoms with Gasteiger partial charge in [-0.2, -0.15) is 0 Å². The van der Waals surface area contributed by atoms with Gasteiger partial charge >= 0.3 is 0 Å². The Hall–Kier alpha value is -1.75. The number of hydrogen-bond donors (Lipinski definition) is 2. The number of nitrogens with one attached hydrogen (secondary N) is 2. The van der Waals surface area contributed by atoms with E-state index in [4.69, 9.17) is 14.5 Å². The van der Waals surface area contributed by atoms with E-state index >= 15 is 0 Å². The molecule has 3 unspecified atom stereocenters. The third-order valence-corrected chi connectivity index (χ3v) is 4.81. The molecule has 2 aliphatic rings. The molecule has 1 aromatic rings. The summed E-state index contributed by atoms with van der Waals surface area (Å²) in [4.78, 5) is 4.75. The first-order valence-electron chi connectivity index (χ1n) is 9.70. The molecule has 3 atom stereocenters. The lowest BCUT2D eigenvalue weighted by atomic mass is 9.96. The standard InChI is InChI=1S/C20H31N3O2/c1-3-12-24-16-7-5-6-15(13-16)10-11-22-20(21-4-2)23-18-14-17-8-9-19(18)25-17/h5-7,13,17-19H,3-4,8-12,14H2,1-2H3,(H2,21,22,23). The summed E-state index contributed by atoms with van der Waals surface area (Å²) in [6, 6.07) is 8.74. The van der Waals surface area contributed by atoms with Crippen molar-refractivity contribution in [2.45, 2.75) is 64.2 Å². The summed E-state index contributed by atoms with van der Waals surface area (Å²) in [6.45, 7) is 6.61. The van der Waals surface area contributed by atoms with Gasteiger partial charge in [-0.1, -0.05) is 19.1 Å². The predicted octanol–water partition coefficient (Wildman–Crippen LogP) is 2.89. The second kappa shape index (κ2) is 9.09. The highest BCUT2D eigenvalue weighted by Crippen LogP contribution is 2.34. The van der Waals surface area contributed by atoms with Crippen LogP contribution >= 0.6 is 0 Å². The molecule has 5 heteroatoms. The van der Waals surface area contributed by atoms with E-state index in [-0.39, 0.29) is 0 Å². The highest BCUT2D eigenvalue weighted by molar-refractivity contribution is 5.80. The Kier molecular flexibility index (Phi) is 6.56. The van der Waals surface area contributed by atoms with E-state index in [0.29, 0.717) is 18.2 Å². The zero-order valence-corrected chi connectivity index (χ0v) is 15.5. The van der Waals surface area contributed by atoms with Crippen LogP contribution in [0.15, 0.2) is 29.3 Å². The number of fused-ring (bicyclic) bond motifs is 2. The Labute approximate surface area is 151 Å². The zero-order valence-electron chi connectivity index (χ0n) is 15.5. The van der Waals surface area contributed by atoms with Crippen molar-refractivity contribution in [3.63, 3.8) is 0 Å². The number of ether oxygens (including phenoxy) is 2. The summed E-state index contributed by atoms with van der Waals surface area (Å²) >= 11 is 0. The van der Waals surface area contributed by atoms with Gasteiger partial charge in [0.2, 0.25) is 0 Å². The van der Waals surface area contributed by atoms with Crippen molar-refractivity contribution in [3.05, 3.63) is 29.8 Å². The molecule has 138 valence electrons. The molecule has 2 fully saturated rings. The van der Waals surface area contributed by atoms with E-state index in [2.05, 4.69) is 42.7 Å². The fraction of sp³-hybridized carbons (Fsp3) is 0.650. The van der Waals surface area contributed by atoms with Crippen molar-refractivity contribution in [2.24, 2.45) is 4.99 Å². The molecular weight excluding hydrogens is 314 g/mol. The Bertz CT molecular complexity index is 576. The second-order valence-corrected chi connectivity index (χ2v) is 6.87. The molecule has 2 bridgehead atoms. The van der Waals surface area contributed by atoms with Gasteiger partial charge in [0.1, 0.15) is 5.75 Å². The molecule has 1 aromatic carbocycles. The second-order valence-electron chi connectivity index (χ2n) is 6.87. The van der Waals surface area contributed by atoms with Gasteiger partial charge in [0, 0.05) is 13.1 Å². The van der Waals surface area contributed by atoms with E-state index < -0.39 is 0 Å². The highest BCUT2D eigenvalue weighted by Gasteiger charge is 2.41. The monoisotopic (exact) mass is 345 g/mol. The zero-order chi connectivity index (χ0) is 17.5. The Morgan fingerprint density at radius 3 is 2.96 bits per heavy atom. The molecule has 2 N–H and O–H groups in total. The van der Waals surface area contributed by atoms with E-state index in [1.54, 1.807) is 0 Å². The lowest BCUT2D eigenvalue weighted by Gasteiger charge is -2.22. The van der Waals surface area contributed by atoms with E-state index in [9.17, 15) is 0 Å². The molecule has 3 rings (SSSR count). The minimum absolute atomic E-state index is 0.362. The summed E-state index contributed by atoms with van der Waals surface area (Å²) in [5.41, 5.74) is 1.26. The first-order valence-corrected chi connectivity index (χ1v) is 9.70. The average Bonchev–Trinajstić information content (AvgIpc) is 3.23. The van der Waals surface area contributed by atoms with Crippen LogP contribution in [-0.4, -0.2) is 43.9 Å². The number of guanidine groups is 1. The largest absolute Gasteiger partial charge is 0.494 e. The fourth-order valence-corrected chi connectivity index (χ4v) is 3.59. The van der Waals surface area contributed by atoms with Crippen molar-refractivity contribution in [3.8, 4) is 5.75 Å². The van der Waals surface area contributed by atoms with Crippen LogP contribution in [0.25, 0.3) is 0 Å². The van der Waals surface area contributed by atoms with Gasteiger partial charge in [-0.3, -0.25) is 4.99 Å². The molecule has 0 aliphatic carbocycles. The third-order valence-electron chi connectivity index (χ3n) is 4.81. The highest BCUT2D eigenvalue weighted by atomic mass is 16.5. The summed E-state index contributed by atoms with van der Waals surface area (Å²) in [6.07, 6.45) is 6.24. The van der Waals surface area contributed by atoms with E-state index in [0.717, 1.165) is 50.7 Å². The molecule has 2 saturated heterocycles. The number of nitrogens with zero attached hydrogens (tertiary/aromatic N) is 1. The Morgan fingerprint density at radius 2 is 2.24 bits per heavy atom. The van der Waals surface area contributed by atoms with Crippen LogP contribution in [0, 0.1) is 0 Å². The fourth-order valence-electron chi connectivity index (χ4n) is 3.59. The molecule has 0 saturated carbocycles. The lowest BCUT2D eigenvalue weighted by molar-refractivity contribution is 0.0992. The lowest BCUT2D eigenvalue weighted by Crippen LogP contribution is -2.47. The molecule has 5 nitrogen and oxygen atoms in total. The molecule has 0 spiro atoms. The van der Waals surface area contributed by atoms with Crippen LogP contribution in [-0.2, 0) is 11.2 Å². The van der Waals surface area contributed by atoms with Crippen LogP contribution in [0.1, 0.15) is 45.1 Å². The van der Waals surface area contributed by atoms with Crippen LogP contribution in [0.4, 0.5) is 0 Å². The van der Waals surface area contributed by atoms with Gasteiger partial charge < -0.3 is 20.1 Å². The van der Waals surface area contributed by atoms with E-state index in [1.165, 1.54) is 18.4 Å². The van der Waals surface area contributed by atoms with Crippen molar-refractivity contribution in [2.75, 3.05) is 19.7 Å². The number of aliphatic imine (C=N–C) groups is 1. The minimum Gasteiger partial charge on any atom is -0.494 e. The summed E-state index contributed by atoms with van der Waals surface area (Å²) < 4.78 is 11.6. The maximum absolute atomic E-state index is 5.92. The van der Waals surface area contributed by atoms with Crippen LogP contribution < -0.4 is 15.4 Å². The normalized spacial score (nSPS) is 25.2. The van der Waals surface area contributed by atoms with Gasteiger partial charge in [0.05, 0.1) is 24.9 Å². The smallest absolute Gasteiger partial charge is 0.191 e. The molecule has 25 heavy (non-hydrogen) atoms. The topological polar surface area (TPSA) is 54.9 Å². The van der Waals surface area contributed by atoms with Gasteiger partial charge in [-0.05, 0) is 56.7 Å². The average molecular weight is 345 g/mol. The maximum Gasteiger partial charge on any atom is 0.191 e. The Balaban J connectivity index is 1.51. The summed E-state index contributed by atoms with van der Waals surface area (Å²) in [7, 11) is 0. The van der Waals surface area contributed by atoms with Crippen molar-refractivity contribution in [1.82, 2.24) is 10.6 Å². The van der Waals surface area contributed by atoms with Crippen LogP contribution in [0.5, 0.6) is 5.75 Å². The SMILES string of the molecule is CCCOc1cccc(CCN=C(NCC)NC2CC3CCC2O3)c1. The molecule has 2 aliphatic heterocycles. The van der Waals surface area contributed by atoms with Gasteiger partial charge in [0.15, 0.2) is 5.96 Å². The van der Waals surface area contributed by atoms with E-state index in [1.807, 2.05) is 6.07 Å². The predicted molar refractivity (Wildman–Crippen MR) is 101 cm³/mol. The molecule has 0 amide bonds. The summed E-state index contributed by atoms with van der Waals surface area (Å²) in [5.74, 6) is 1.86. The van der Waals surface area contributed by atoms with Gasteiger partial charge in [-0.25, -0.2) is 0 Å². The number of hydrogen-bond acceptors (Lipinski definition) is 3. The van der Waals surface area contributed by atoms with Crippen molar-refractivity contribution < 1.29 is 9.47 Å². The minimum atomic E-state index is 0.362. The van der Waals surface area contributed by atoms with Gasteiger partial charge in [-0.15, -0.1) is 0 Å². The van der Waals surface area contributed by atoms with Crippen molar-refractivity contribution in [1.29, 1.82) is 0 Å². The molecule has 2 heterocycles. The third kappa shape index (κ3) is 5.11. The first kappa shape index (κ1) is 18.1. The van der Waals surface area contributed by atoms with Gasteiger partial charge in [0.25, 0.3) is 0 Å². The Morgan fingerprint density at radius 1 is 1.32 bits per heavy atom. The maximum atomic E-state index is 5.92. The number of rotatable bonds is 8. The number of benzene rings is 1. The molecule has 0 aromatic heterocycles.